The first kappa shape index (κ1) is 16.3. The molecule has 1 heterocycles. The van der Waals surface area contributed by atoms with E-state index in [1.54, 1.807) is 0 Å². The fourth-order valence-electron chi connectivity index (χ4n) is 2.57. The summed E-state index contributed by atoms with van der Waals surface area (Å²) in [7, 11) is 0. The largest absolute Gasteiger partial charge is 0.378 e. The van der Waals surface area contributed by atoms with Crippen LogP contribution in [0.1, 0.15) is 58.3 Å². The molecule has 1 fully saturated rings. The van der Waals surface area contributed by atoms with E-state index in [4.69, 9.17) is 16.3 Å². The predicted octanol–water partition coefficient (Wildman–Crippen LogP) is 4.07. The van der Waals surface area contributed by atoms with Crippen molar-refractivity contribution in [3.63, 3.8) is 0 Å². The summed E-state index contributed by atoms with van der Waals surface area (Å²) < 4.78 is 5.46. The first-order valence-electron chi connectivity index (χ1n) is 7.76. The number of alkyl halides is 1. The van der Waals surface area contributed by atoms with Crippen molar-refractivity contribution < 1.29 is 4.74 Å². The van der Waals surface area contributed by atoms with Crippen LogP contribution in [-0.2, 0) is 4.74 Å². The number of ether oxygens (including phenoxy) is 1. The molecule has 1 atom stereocenters. The summed E-state index contributed by atoms with van der Waals surface area (Å²) in [4.78, 5) is 2.51. The Morgan fingerprint density at radius 1 is 1.06 bits per heavy atom. The summed E-state index contributed by atoms with van der Waals surface area (Å²) in [6.45, 7) is 6.24. The number of hydrogen-bond acceptors (Lipinski definition) is 2. The lowest BCUT2D eigenvalue weighted by atomic mass is 10.1. The molecule has 0 aliphatic carbocycles. The van der Waals surface area contributed by atoms with Gasteiger partial charge >= 0.3 is 0 Å². The van der Waals surface area contributed by atoms with Gasteiger partial charge in [-0.1, -0.05) is 51.9 Å². The topological polar surface area (TPSA) is 12.5 Å². The Morgan fingerprint density at radius 3 is 2.39 bits per heavy atom. The molecule has 0 spiro atoms. The molecule has 0 bridgehead atoms. The molecule has 0 aromatic heterocycles. The summed E-state index contributed by atoms with van der Waals surface area (Å²) in [5.74, 6) is 0.705. The van der Waals surface area contributed by atoms with Gasteiger partial charge in [0.15, 0.2) is 0 Å². The quantitative estimate of drug-likeness (QED) is 0.440. The number of rotatable bonds is 10. The molecule has 1 unspecified atom stereocenters. The van der Waals surface area contributed by atoms with Crippen LogP contribution < -0.4 is 0 Å². The first-order valence-corrected chi connectivity index (χ1v) is 8.29. The van der Waals surface area contributed by atoms with Gasteiger partial charge in [-0.3, -0.25) is 4.90 Å². The molecule has 1 saturated heterocycles. The molecule has 0 amide bonds. The van der Waals surface area contributed by atoms with E-state index in [1.165, 1.54) is 57.9 Å². The number of morpholine rings is 1. The Morgan fingerprint density at radius 2 is 1.72 bits per heavy atom. The third-order valence-corrected chi connectivity index (χ3v) is 4.18. The molecular formula is C15H30ClNO. The zero-order valence-electron chi connectivity index (χ0n) is 12.0. The third kappa shape index (κ3) is 6.96. The van der Waals surface area contributed by atoms with Crippen LogP contribution in [0.2, 0.25) is 0 Å². The van der Waals surface area contributed by atoms with Crippen molar-refractivity contribution in [2.24, 2.45) is 0 Å². The van der Waals surface area contributed by atoms with Crippen LogP contribution in [-0.4, -0.2) is 43.1 Å². The van der Waals surface area contributed by atoms with E-state index >= 15 is 0 Å². The van der Waals surface area contributed by atoms with E-state index < -0.39 is 0 Å². The van der Waals surface area contributed by atoms with Crippen molar-refractivity contribution in [1.29, 1.82) is 0 Å². The molecule has 0 radical (unpaired) electrons. The van der Waals surface area contributed by atoms with Crippen LogP contribution in [0, 0.1) is 0 Å². The molecule has 1 aliphatic heterocycles. The zero-order valence-corrected chi connectivity index (χ0v) is 12.8. The molecule has 0 N–H and O–H groups in total. The van der Waals surface area contributed by atoms with E-state index in [1.807, 2.05) is 0 Å². The number of unbranched alkanes of at least 4 members (excludes halogenated alkanes) is 7. The predicted molar refractivity (Wildman–Crippen MR) is 79.5 cm³/mol. The van der Waals surface area contributed by atoms with Crippen molar-refractivity contribution in [1.82, 2.24) is 4.90 Å². The van der Waals surface area contributed by atoms with Crippen molar-refractivity contribution in [2.45, 2.75) is 64.3 Å². The maximum absolute atomic E-state index is 5.96. The first-order chi connectivity index (χ1) is 8.88. The lowest BCUT2D eigenvalue weighted by Gasteiger charge is -2.34. The average molecular weight is 276 g/mol. The molecule has 18 heavy (non-hydrogen) atoms. The highest BCUT2D eigenvalue weighted by molar-refractivity contribution is 6.18. The smallest absolute Gasteiger partial charge is 0.0634 e. The summed E-state index contributed by atoms with van der Waals surface area (Å²) in [5, 5.41) is 0. The fourth-order valence-corrected chi connectivity index (χ4v) is 2.86. The lowest BCUT2D eigenvalue weighted by molar-refractivity contribution is 0.000393. The molecule has 0 saturated carbocycles. The summed E-state index contributed by atoms with van der Waals surface area (Å²) in [5.41, 5.74) is 0. The maximum atomic E-state index is 5.96. The molecule has 1 rings (SSSR count). The average Bonchev–Trinajstić information content (AvgIpc) is 2.42. The molecule has 3 heteroatoms. The highest BCUT2D eigenvalue weighted by Crippen LogP contribution is 2.12. The fraction of sp³-hybridized carbons (Fsp3) is 1.00. The minimum atomic E-state index is 0.449. The van der Waals surface area contributed by atoms with Crippen LogP contribution in [0.4, 0.5) is 0 Å². The second kappa shape index (κ2) is 11.1. The van der Waals surface area contributed by atoms with Crippen molar-refractivity contribution in [3.8, 4) is 0 Å². The second-order valence-corrected chi connectivity index (χ2v) is 5.70. The van der Waals surface area contributed by atoms with Gasteiger partial charge in [-0.25, -0.2) is 0 Å². The lowest BCUT2D eigenvalue weighted by Crippen LogP contribution is -2.46. The Labute approximate surface area is 118 Å². The molecule has 2 nitrogen and oxygen atoms in total. The number of halogens is 1. The van der Waals surface area contributed by atoms with Crippen LogP contribution >= 0.6 is 11.6 Å². The van der Waals surface area contributed by atoms with Crippen molar-refractivity contribution in [3.05, 3.63) is 0 Å². The maximum Gasteiger partial charge on any atom is 0.0634 e. The van der Waals surface area contributed by atoms with Gasteiger partial charge in [0, 0.05) is 18.5 Å². The van der Waals surface area contributed by atoms with Gasteiger partial charge < -0.3 is 4.74 Å². The van der Waals surface area contributed by atoms with Crippen LogP contribution in [0.3, 0.4) is 0 Å². The van der Waals surface area contributed by atoms with Gasteiger partial charge in [0.1, 0.15) is 0 Å². The summed E-state index contributed by atoms with van der Waals surface area (Å²) in [6.07, 6.45) is 11.1. The Kier molecular flexibility index (Phi) is 10.0. The highest BCUT2D eigenvalue weighted by Gasteiger charge is 2.21. The minimum absolute atomic E-state index is 0.449. The van der Waals surface area contributed by atoms with Crippen molar-refractivity contribution >= 4 is 11.6 Å². The van der Waals surface area contributed by atoms with E-state index in [9.17, 15) is 0 Å². The SMILES string of the molecule is CCCCCCCCCCN1CCOCC1CCl. The molecule has 0 aromatic rings. The van der Waals surface area contributed by atoms with Gasteiger partial charge in [0.05, 0.1) is 13.2 Å². The Bertz CT molecular complexity index is 189. The molecule has 0 aromatic carbocycles. The van der Waals surface area contributed by atoms with E-state index in [2.05, 4.69) is 11.8 Å². The molecule has 1 aliphatic rings. The van der Waals surface area contributed by atoms with Crippen molar-refractivity contribution in [2.75, 3.05) is 32.2 Å². The van der Waals surface area contributed by atoms with Gasteiger partial charge in [-0.05, 0) is 13.0 Å². The van der Waals surface area contributed by atoms with Gasteiger partial charge in [-0.15, -0.1) is 11.6 Å². The summed E-state index contributed by atoms with van der Waals surface area (Å²) >= 11 is 5.96. The normalized spacial score (nSPS) is 21.3. The van der Waals surface area contributed by atoms with E-state index in [-0.39, 0.29) is 0 Å². The molecular weight excluding hydrogens is 246 g/mol. The minimum Gasteiger partial charge on any atom is -0.378 e. The van der Waals surface area contributed by atoms with Gasteiger partial charge in [0.25, 0.3) is 0 Å². The van der Waals surface area contributed by atoms with E-state index in [0.29, 0.717) is 11.9 Å². The van der Waals surface area contributed by atoms with Crippen LogP contribution in [0.25, 0.3) is 0 Å². The second-order valence-electron chi connectivity index (χ2n) is 5.39. The monoisotopic (exact) mass is 275 g/mol. The van der Waals surface area contributed by atoms with E-state index in [0.717, 1.165) is 19.8 Å². The number of nitrogens with zero attached hydrogens (tertiary/aromatic N) is 1. The summed E-state index contributed by atoms with van der Waals surface area (Å²) in [6, 6.07) is 0.449. The highest BCUT2D eigenvalue weighted by atomic mass is 35.5. The number of hydrogen-bond donors (Lipinski definition) is 0. The third-order valence-electron chi connectivity index (χ3n) is 3.83. The van der Waals surface area contributed by atoms with Crippen LogP contribution in [0.15, 0.2) is 0 Å². The van der Waals surface area contributed by atoms with Gasteiger partial charge in [-0.2, -0.15) is 0 Å². The Hall–Kier alpha value is 0.210. The molecule has 108 valence electrons. The standard InChI is InChI=1S/C15H30ClNO/c1-2-3-4-5-6-7-8-9-10-17-11-12-18-14-15(17)13-16/h15H,2-14H2,1H3. The van der Waals surface area contributed by atoms with Gasteiger partial charge in [0.2, 0.25) is 0 Å². The van der Waals surface area contributed by atoms with Crippen LogP contribution in [0.5, 0.6) is 0 Å². The Balaban J connectivity index is 1.93. The zero-order chi connectivity index (χ0) is 13.1.